The molecule has 0 bridgehead atoms. The molecular weight excluding hydrogens is 280 g/mol. The van der Waals surface area contributed by atoms with Crippen LogP contribution in [-0.2, 0) is 11.3 Å². The van der Waals surface area contributed by atoms with Crippen LogP contribution in [0.3, 0.4) is 0 Å². The van der Waals surface area contributed by atoms with Crippen molar-refractivity contribution in [3.8, 4) is 0 Å². The summed E-state index contributed by atoms with van der Waals surface area (Å²) in [4.78, 5) is 11.7. The third-order valence-corrected chi connectivity index (χ3v) is 4.55. The van der Waals surface area contributed by atoms with Crippen LogP contribution in [0.2, 0.25) is 0 Å². The van der Waals surface area contributed by atoms with Crippen LogP contribution in [0.5, 0.6) is 0 Å². The Bertz CT molecular complexity index is 588. The average Bonchev–Trinajstić information content (AvgIpc) is 3.23. The zero-order valence-electron chi connectivity index (χ0n) is 12.1. The van der Waals surface area contributed by atoms with Crippen LogP contribution in [0.4, 0.5) is 5.69 Å². The first-order valence-electron chi connectivity index (χ1n) is 7.37. The Balaban J connectivity index is 1.53. The van der Waals surface area contributed by atoms with E-state index in [0.717, 1.165) is 25.1 Å². The summed E-state index contributed by atoms with van der Waals surface area (Å²) in [5.74, 6) is 0.405. The first-order valence-corrected chi connectivity index (χ1v) is 8.32. The van der Waals surface area contributed by atoms with Crippen LogP contribution < -0.4 is 10.6 Å². The topological polar surface area (TPSA) is 41.1 Å². The number of anilines is 1. The van der Waals surface area contributed by atoms with Crippen molar-refractivity contribution in [3.05, 3.63) is 52.2 Å². The maximum Gasteiger partial charge on any atom is 0.227 e. The molecule has 0 aliphatic heterocycles. The molecular formula is C17H20N2OS. The first kappa shape index (κ1) is 14.3. The fraction of sp³-hybridized carbons (Fsp3) is 0.353. The monoisotopic (exact) mass is 300 g/mol. The van der Waals surface area contributed by atoms with E-state index >= 15 is 0 Å². The summed E-state index contributed by atoms with van der Waals surface area (Å²) >= 11 is 1.72. The molecule has 21 heavy (non-hydrogen) atoms. The highest BCUT2D eigenvalue weighted by Gasteiger charge is 2.29. The molecule has 3 nitrogen and oxygen atoms in total. The van der Waals surface area contributed by atoms with Crippen LogP contribution in [0.1, 0.15) is 36.9 Å². The number of thiophene rings is 1. The van der Waals surface area contributed by atoms with Gasteiger partial charge in [0.1, 0.15) is 0 Å². The van der Waals surface area contributed by atoms with Crippen molar-refractivity contribution in [3.63, 3.8) is 0 Å². The van der Waals surface area contributed by atoms with Crippen molar-refractivity contribution < 1.29 is 4.79 Å². The summed E-state index contributed by atoms with van der Waals surface area (Å²) in [6.07, 6.45) is 2.07. The van der Waals surface area contributed by atoms with E-state index < -0.39 is 0 Å². The predicted molar refractivity (Wildman–Crippen MR) is 87.4 cm³/mol. The largest absolute Gasteiger partial charge is 0.326 e. The van der Waals surface area contributed by atoms with Gasteiger partial charge < -0.3 is 10.6 Å². The summed E-state index contributed by atoms with van der Waals surface area (Å²) in [7, 11) is 0. The second kappa shape index (κ2) is 6.41. The second-order valence-corrected chi connectivity index (χ2v) is 6.40. The molecule has 3 rings (SSSR count). The molecule has 0 saturated heterocycles. The molecule has 2 N–H and O–H groups in total. The van der Waals surface area contributed by atoms with E-state index in [1.165, 1.54) is 11.1 Å². The van der Waals surface area contributed by atoms with E-state index in [4.69, 9.17) is 0 Å². The molecule has 1 heterocycles. The normalized spacial score (nSPS) is 15.7. The van der Waals surface area contributed by atoms with E-state index in [0.29, 0.717) is 0 Å². The minimum absolute atomic E-state index is 0.159. The molecule has 1 aromatic heterocycles. The molecule has 0 radical (unpaired) electrons. The molecule has 1 amide bonds. The number of carbonyl (C=O) groups is 1. The number of hydrogen-bond acceptors (Lipinski definition) is 3. The van der Waals surface area contributed by atoms with Gasteiger partial charge >= 0.3 is 0 Å². The van der Waals surface area contributed by atoms with Gasteiger partial charge in [-0.15, -0.1) is 0 Å². The molecule has 110 valence electrons. The summed E-state index contributed by atoms with van der Waals surface area (Å²) in [6.45, 7) is 3.04. The lowest BCUT2D eigenvalue weighted by Gasteiger charge is -2.14. The lowest BCUT2D eigenvalue weighted by Crippen LogP contribution is -2.18. The summed E-state index contributed by atoms with van der Waals surface area (Å²) < 4.78 is 0. The molecule has 1 aromatic carbocycles. The molecule has 1 aliphatic carbocycles. The number of rotatable bonds is 6. The first-order chi connectivity index (χ1) is 10.2. The van der Waals surface area contributed by atoms with E-state index in [1.54, 1.807) is 11.3 Å². The van der Waals surface area contributed by atoms with Crippen molar-refractivity contribution in [2.45, 2.75) is 32.4 Å². The zero-order chi connectivity index (χ0) is 14.7. The molecule has 1 atom stereocenters. The van der Waals surface area contributed by atoms with Crippen molar-refractivity contribution in [1.82, 2.24) is 5.32 Å². The van der Waals surface area contributed by atoms with Gasteiger partial charge in [0.05, 0.1) is 0 Å². The highest BCUT2D eigenvalue weighted by molar-refractivity contribution is 7.07. The minimum atomic E-state index is 0.159. The molecule has 1 saturated carbocycles. The maximum absolute atomic E-state index is 11.7. The van der Waals surface area contributed by atoms with Crippen molar-refractivity contribution in [2.75, 3.05) is 5.32 Å². The molecule has 4 heteroatoms. The Morgan fingerprint density at radius 3 is 2.67 bits per heavy atom. The van der Waals surface area contributed by atoms with Crippen LogP contribution >= 0.6 is 11.3 Å². The minimum Gasteiger partial charge on any atom is -0.326 e. The van der Waals surface area contributed by atoms with E-state index in [1.807, 2.05) is 12.1 Å². The van der Waals surface area contributed by atoms with Crippen LogP contribution in [0.15, 0.2) is 41.1 Å². The average molecular weight is 300 g/mol. The van der Waals surface area contributed by atoms with E-state index in [-0.39, 0.29) is 17.9 Å². The molecule has 1 fully saturated rings. The lowest BCUT2D eigenvalue weighted by molar-refractivity contribution is -0.117. The summed E-state index contributed by atoms with van der Waals surface area (Å²) in [5.41, 5.74) is 3.44. The molecule has 2 aromatic rings. The SMILES string of the molecule is C[C@@H](NCc1ccsc1)c1ccc(NC(=O)C2CC2)cc1. The molecule has 0 spiro atoms. The van der Waals surface area contributed by atoms with E-state index in [9.17, 15) is 4.79 Å². The van der Waals surface area contributed by atoms with Gasteiger partial charge in [0.25, 0.3) is 0 Å². The zero-order valence-corrected chi connectivity index (χ0v) is 13.0. The highest BCUT2D eigenvalue weighted by atomic mass is 32.1. The van der Waals surface area contributed by atoms with Crippen LogP contribution in [-0.4, -0.2) is 5.91 Å². The molecule has 0 unspecified atom stereocenters. The Morgan fingerprint density at radius 1 is 1.29 bits per heavy atom. The third kappa shape index (κ3) is 3.93. The summed E-state index contributed by atoms with van der Waals surface area (Å²) in [5, 5.41) is 10.7. The fourth-order valence-corrected chi connectivity index (χ4v) is 2.90. The number of nitrogens with one attached hydrogen (secondary N) is 2. The Labute approximate surface area is 129 Å². The Morgan fingerprint density at radius 2 is 2.05 bits per heavy atom. The van der Waals surface area contributed by atoms with E-state index in [2.05, 4.69) is 46.5 Å². The highest BCUT2D eigenvalue weighted by Crippen LogP contribution is 2.30. The number of carbonyl (C=O) groups excluding carboxylic acids is 1. The van der Waals surface area contributed by atoms with Gasteiger partial charge in [-0.1, -0.05) is 12.1 Å². The lowest BCUT2D eigenvalue weighted by atomic mass is 10.1. The Hall–Kier alpha value is -1.65. The van der Waals surface area contributed by atoms with Gasteiger partial charge in [0.15, 0.2) is 0 Å². The standard InChI is InChI=1S/C17H20N2OS/c1-12(18-10-13-8-9-21-11-13)14-4-6-16(7-5-14)19-17(20)15-2-3-15/h4-9,11-12,15,18H,2-3,10H2,1H3,(H,19,20)/t12-/m1/s1. The van der Waals surface area contributed by atoms with Crippen molar-refractivity contribution in [2.24, 2.45) is 5.92 Å². The van der Waals surface area contributed by atoms with Gasteiger partial charge in [-0.25, -0.2) is 0 Å². The summed E-state index contributed by atoms with van der Waals surface area (Å²) in [6, 6.07) is 10.6. The van der Waals surface area contributed by atoms with Gasteiger partial charge in [-0.2, -0.15) is 11.3 Å². The Kier molecular flexibility index (Phi) is 4.36. The fourth-order valence-electron chi connectivity index (χ4n) is 2.23. The van der Waals surface area contributed by atoms with Gasteiger partial charge in [0, 0.05) is 24.2 Å². The maximum atomic E-state index is 11.7. The quantitative estimate of drug-likeness (QED) is 0.848. The number of amides is 1. The van der Waals surface area contributed by atoms with Crippen molar-refractivity contribution >= 4 is 22.9 Å². The molecule has 1 aliphatic rings. The van der Waals surface area contributed by atoms with Crippen LogP contribution in [0.25, 0.3) is 0 Å². The third-order valence-electron chi connectivity index (χ3n) is 3.82. The number of hydrogen-bond donors (Lipinski definition) is 2. The predicted octanol–water partition coefficient (Wildman–Crippen LogP) is 3.95. The smallest absolute Gasteiger partial charge is 0.227 e. The van der Waals surface area contributed by atoms with Crippen molar-refractivity contribution in [1.29, 1.82) is 0 Å². The second-order valence-electron chi connectivity index (χ2n) is 5.62. The number of benzene rings is 1. The van der Waals surface area contributed by atoms with Gasteiger partial charge in [-0.3, -0.25) is 4.79 Å². The van der Waals surface area contributed by atoms with Gasteiger partial charge in [0.2, 0.25) is 5.91 Å². The van der Waals surface area contributed by atoms with Gasteiger partial charge in [-0.05, 0) is 59.9 Å². The van der Waals surface area contributed by atoms with Crippen LogP contribution in [0, 0.1) is 5.92 Å².